The number of likely N-dealkylation sites (tertiary alicyclic amines) is 1. The number of aliphatic carboxylic acids is 1. The summed E-state index contributed by atoms with van der Waals surface area (Å²) in [5, 5.41) is 11.7. The number of carboxylic acids is 1. The van der Waals surface area contributed by atoms with Crippen LogP contribution in [0.4, 0.5) is 4.79 Å². The molecule has 1 fully saturated rings. The van der Waals surface area contributed by atoms with E-state index in [1.165, 1.54) is 0 Å². The lowest BCUT2D eigenvalue weighted by atomic mass is 9.92. The minimum atomic E-state index is -0.976. The second kappa shape index (κ2) is 6.07. The van der Waals surface area contributed by atoms with E-state index >= 15 is 0 Å². The van der Waals surface area contributed by atoms with E-state index in [1.807, 2.05) is 0 Å². The number of carbonyl (C=O) groups is 2. The Kier molecular flexibility index (Phi) is 4.99. The van der Waals surface area contributed by atoms with E-state index < -0.39 is 12.0 Å². The van der Waals surface area contributed by atoms with E-state index in [-0.39, 0.29) is 11.9 Å². The van der Waals surface area contributed by atoms with Gasteiger partial charge in [-0.25, -0.2) is 9.59 Å². The van der Waals surface area contributed by atoms with Crippen molar-refractivity contribution < 1.29 is 14.7 Å². The van der Waals surface area contributed by atoms with Crippen molar-refractivity contribution in [2.45, 2.75) is 40.2 Å². The number of nitrogens with one attached hydrogen (secondary N) is 1. The van der Waals surface area contributed by atoms with Crippen LogP contribution in [0.25, 0.3) is 0 Å². The van der Waals surface area contributed by atoms with Gasteiger partial charge in [0.2, 0.25) is 0 Å². The van der Waals surface area contributed by atoms with Crippen molar-refractivity contribution in [3.8, 4) is 0 Å². The minimum absolute atomic E-state index is 0.119. The fourth-order valence-corrected chi connectivity index (χ4v) is 2.57. The highest BCUT2D eigenvalue weighted by atomic mass is 16.4. The summed E-state index contributed by atoms with van der Waals surface area (Å²) in [5.41, 5.74) is 0. The van der Waals surface area contributed by atoms with Gasteiger partial charge in [0, 0.05) is 13.1 Å². The third-order valence-corrected chi connectivity index (χ3v) is 3.37. The molecule has 1 rings (SSSR count). The lowest BCUT2D eigenvalue weighted by Crippen LogP contribution is -2.53. The first-order valence-corrected chi connectivity index (χ1v) is 6.59. The first-order chi connectivity index (χ1) is 8.31. The number of hydrogen-bond acceptors (Lipinski definition) is 2. The summed E-state index contributed by atoms with van der Waals surface area (Å²) in [6, 6.07) is -1.07. The number of urea groups is 1. The zero-order valence-electron chi connectivity index (χ0n) is 11.6. The van der Waals surface area contributed by atoms with Crippen LogP contribution in [-0.4, -0.2) is 41.1 Å². The Balaban J connectivity index is 2.61. The zero-order chi connectivity index (χ0) is 13.9. The predicted molar refractivity (Wildman–Crippen MR) is 69.3 cm³/mol. The molecule has 0 aromatic carbocycles. The third kappa shape index (κ3) is 3.89. The Morgan fingerprint density at radius 2 is 1.72 bits per heavy atom. The first kappa shape index (κ1) is 14.8. The van der Waals surface area contributed by atoms with E-state index in [0.717, 1.165) is 6.42 Å². The van der Waals surface area contributed by atoms with Crippen LogP contribution in [0, 0.1) is 17.8 Å². The number of carbonyl (C=O) groups excluding carboxylic acids is 1. The molecular weight excluding hydrogens is 232 g/mol. The Bertz CT molecular complexity index is 307. The van der Waals surface area contributed by atoms with E-state index in [4.69, 9.17) is 5.11 Å². The lowest BCUT2D eigenvalue weighted by molar-refractivity contribution is -0.140. The quantitative estimate of drug-likeness (QED) is 0.808. The molecule has 1 saturated heterocycles. The summed E-state index contributed by atoms with van der Waals surface area (Å²) in [6.45, 7) is 9.24. The molecule has 0 aliphatic carbocycles. The van der Waals surface area contributed by atoms with Gasteiger partial charge < -0.3 is 15.3 Å². The van der Waals surface area contributed by atoms with Gasteiger partial charge in [-0.05, 0) is 24.2 Å². The van der Waals surface area contributed by atoms with Crippen LogP contribution in [0.2, 0.25) is 0 Å². The van der Waals surface area contributed by atoms with Gasteiger partial charge in [0.15, 0.2) is 0 Å². The Morgan fingerprint density at radius 3 is 2.11 bits per heavy atom. The number of piperidine rings is 1. The summed E-state index contributed by atoms with van der Waals surface area (Å²) in [5.74, 6) is -0.147. The Labute approximate surface area is 109 Å². The fraction of sp³-hybridized carbons (Fsp3) is 0.846. The standard InChI is InChI=1S/C13H24N2O3/c1-8(2)11(12(16)17)14-13(18)15-6-9(3)5-10(4)7-15/h8-11H,5-7H2,1-4H3,(H,14,18)(H,16,17)/t9-,10-,11-/m0/s1. The largest absolute Gasteiger partial charge is 0.480 e. The highest BCUT2D eigenvalue weighted by molar-refractivity contribution is 5.82. The molecular formula is C13H24N2O3. The average molecular weight is 256 g/mol. The molecule has 0 radical (unpaired) electrons. The van der Waals surface area contributed by atoms with Crippen molar-refractivity contribution in [3.63, 3.8) is 0 Å². The molecule has 0 aromatic heterocycles. The number of carboxylic acid groups (broad SMARTS) is 1. The SMILES string of the molecule is CC(C)[C@H](NC(=O)N1C[C@@H](C)C[C@H](C)C1)C(=O)O. The molecule has 2 N–H and O–H groups in total. The fourth-order valence-electron chi connectivity index (χ4n) is 2.57. The number of amides is 2. The highest BCUT2D eigenvalue weighted by Crippen LogP contribution is 2.21. The number of rotatable bonds is 3. The van der Waals surface area contributed by atoms with Gasteiger partial charge in [-0.2, -0.15) is 0 Å². The first-order valence-electron chi connectivity index (χ1n) is 6.59. The van der Waals surface area contributed by atoms with E-state index in [1.54, 1.807) is 18.7 Å². The van der Waals surface area contributed by atoms with Crippen LogP contribution in [0.1, 0.15) is 34.1 Å². The molecule has 1 aliphatic rings. The van der Waals surface area contributed by atoms with Crippen LogP contribution < -0.4 is 5.32 Å². The third-order valence-electron chi connectivity index (χ3n) is 3.37. The van der Waals surface area contributed by atoms with Gasteiger partial charge in [-0.3, -0.25) is 0 Å². The normalized spacial score (nSPS) is 25.9. The Hall–Kier alpha value is -1.26. The summed E-state index contributed by atoms with van der Waals surface area (Å²) in [4.78, 5) is 24.8. The highest BCUT2D eigenvalue weighted by Gasteiger charge is 2.29. The number of hydrogen-bond donors (Lipinski definition) is 2. The summed E-state index contributed by atoms with van der Waals surface area (Å²) in [7, 11) is 0. The molecule has 5 heteroatoms. The maximum Gasteiger partial charge on any atom is 0.326 e. The average Bonchev–Trinajstić information content (AvgIpc) is 2.23. The summed E-state index contributed by atoms with van der Waals surface area (Å²) < 4.78 is 0. The van der Waals surface area contributed by atoms with Crippen molar-refractivity contribution in [1.29, 1.82) is 0 Å². The molecule has 1 aliphatic heterocycles. The van der Waals surface area contributed by atoms with E-state index in [2.05, 4.69) is 19.2 Å². The van der Waals surface area contributed by atoms with Gasteiger partial charge in [-0.15, -0.1) is 0 Å². The van der Waals surface area contributed by atoms with Gasteiger partial charge >= 0.3 is 12.0 Å². The molecule has 5 nitrogen and oxygen atoms in total. The molecule has 18 heavy (non-hydrogen) atoms. The van der Waals surface area contributed by atoms with Crippen LogP contribution >= 0.6 is 0 Å². The molecule has 0 aromatic rings. The van der Waals surface area contributed by atoms with Crippen molar-refractivity contribution in [1.82, 2.24) is 10.2 Å². The van der Waals surface area contributed by atoms with E-state index in [9.17, 15) is 9.59 Å². The van der Waals surface area contributed by atoms with Crippen molar-refractivity contribution in [2.24, 2.45) is 17.8 Å². The van der Waals surface area contributed by atoms with Crippen molar-refractivity contribution in [2.75, 3.05) is 13.1 Å². The van der Waals surface area contributed by atoms with Gasteiger partial charge in [-0.1, -0.05) is 27.7 Å². The molecule has 2 amide bonds. The smallest absolute Gasteiger partial charge is 0.326 e. The van der Waals surface area contributed by atoms with Crippen LogP contribution in [0.5, 0.6) is 0 Å². The molecule has 0 saturated carbocycles. The van der Waals surface area contributed by atoms with Gasteiger partial charge in [0.25, 0.3) is 0 Å². The van der Waals surface area contributed by atoms with Crippen molar-refractivity contribution in [3.05, 3.63) is 0 Å². The molecule has 0 unspecified atom stereocenters. The summed E-state index contributed by atoms with van der Waals surface area (Å²) >= 11 is 0. The van der Waals surface area contributed by atoms with Crippen LogP contribution in [0.3, 0.4) is 0 Å². The molecule has 3 atom stereocenters. The molecule has 1 heterocycles. The van der Waals surface area contributed by atoms with Gasteiger partial charge in [0.1, 0.15) is 6.04 Å². The molecule has 0 bridgehead atoms. The zero-order valence-corrected chi connectivity index (χ0v) is 11.6. The second-order valence-corrected chi connectivity index (χ2v) is 5.86. The van der Waals surface area contributed by atoms with Gasteiger partial charge in [0.05, 0.1) is 0 Å². The minimum Gasteiger partial charge on any atom is -0.480 e. The maximum absolute atomic E-state index is 12.1. The van der Waals surface area contributed by atoms with Crippen molar-refractivity contribution >= 4 is 12.0 Å². The molecule has 0 spiro atoms. The maximum atomic E-state index is 12.1. The second-order valence-electron chi connectivity index (χ2n) is 5.86. The predicted octanol–water partition coefficient (Wildman–Crippen LogP) is 1.78. The van der Waals surface area contributed by atoms with Crippen LogP contribution in [-0.2, 0) is 4.79 Å². The number of nitrogens with zero attached hydrogens (tertiary/aromatic N) is 1. The van der Waals surface area contributed by atoms with E-state index in [0.29, 0.717) is 24.9 Å². The monoisotopic (exact) mass is 256 g/mol. The lowest BCUT2D eigenvalue weighted by Gasteiger charge is -2.35. The molecule has 104 valence electrons. The van der Waals surface area contributed by atoms with Crippen LogP contribution in [0.15, 0.2) is 0 Å². The summed E-state index contributed by atoms with van der Waals surface area (Å²) in [6.07, 6.45) is 1.12. The topological polar surface area (TPSA) is 69.6 Å². The Morgan fingerprint density at radius 1 is 1.22 bits per heavy atom.